The monoisotopic (exact) mass is 194 g/mol. The summed E-state index contributed by atoms with van der Waals surface area (Å²) >= 11 is 0. The molecule has 1 heterocycles. The summed E-state index contributed by atoms with van der Waals surface area (Å²) in [6.07, 6.45) is 9.25. The molecular formula is C11H18N2O. The van der Waals surface area contributed by atoms with Crippen LogP contribution in [-0.2, 0) is 4.79 Å². The van der Waals surface area contributed by atoms with Crippen LogP contribution in [0.25, 0.3) is 0 Å². The number of hydrogen-bond donors (Lipinski definition) is 2. The van der Waals surface area contributed by atoms with Gasteiger partial charge in [-0.1, -0.05) is 12.8 Å². The highest BCUT2D eigenvalue weighted by Gasteiger charge is 2.54. The van der Waals surface area contributed by atoms with Crippen molar-refractivity contribution in [2.45, 2.75) is 62.6 Å². The van der Waals surface area contributed by atoms with Gasteiger partial charge in [0.1, 0.15) is 0 Å². The number of rotatable bonds is 0. The van der Waals surface area contributed by atoms with Crippen LogP contribution in [0.1, 0.15) is 51.4 Å². The van der Waals surface area contributed by atoms with E-state index in [4.69, 9.17) is 0 Å². The Kier molecular flexibility index (Phi) is 1.69. The molecule has 0 aromatic carbocycles. The maximum Gasteiger partial charge on any atom is 0.241 e. The second-order valence-corrected chi connectivity index (χ2v) is 5.16. The van der Waals surface area contributed by atoms with E-state index in [9.17, 15) is 4.79 Å². The zero-order chi connectivity index (χ0) is 9.65. The third kappa shape index (κ3) is 1.05. The fourth-order valence-corrected chi connectivity index (χ4v) is 3.44. The fraction of sp³-hybridized carbons (Fsp3) is 0.909. The topological polar surface area (TPSA) is 41.1 Å². The molecule has 1 aliphatic heterocycles. The molecule has 0 unspecified atom stereocenters. The van der Waals surface area contributed by atoms with Crippen LogP contribution in [0.15, 0.2) is 0 Å². The summed E-state index contributed by atoms with van der Waals surface area (Å²) < 4.78 is 0. The van der Waals surface area contributed by atoms with Gasteiger partial charge >= 0.3 is 0 Å². The van der Waals surface area contributed by atoms with Crippen LogP contribution in [0, 0.1) is 0 Å². The molecule has 3 aliphatic rings. The first kappa shape index (κ1) is 8.72. The zero-order valence-electron chi connectivity index (χ0n) is 8.57. The Hall–Kier alpha value is -0.570. The van der Waals surface area contributed by atoms with Crippen LogP contribution in [0.5, 0.6) is 0 Å². The molecule has 2 saturated carbocycles. The first-order chi connectivity index (χ1) is 6.75. The van der Waals surface area contributed by atoms with Crippen LogP contribution in [0.4, 0.5) is 0 Å². The van der Waals surface area contributed by atoms with Crippen molar-refractivity contribution in [2.75, 3.05) is 0 Å². The molecule has 3 rings (SSSR count). The highest BCUT2D eigenvalue weighted by atomic mass is 16.2. The van der Waals surface area contributed by atoms with E-state index >= 15 is 0 Å². The summed E-state index contributed by atoms with van der Waals surface area (Å²) in [5.74, 6) is 0.275. The van der Waals surface area contributed by atoms with Gasteiger partial charge in [-0.15, -0.1) is 0 Å². The Labute approximate surface area is 84.6 Å². The van der Waals surface area contributed by atoms with Gasteiger partial charge in [0.05, 0.1) is 11.2 Å². The number of amides is 1. The van der Waals surface area contributed by atoms with Crippen molar-refractivity contribution in [3.05, 3.63) is 0 Å². The molecule has 0 atom stereocenters. The average molecular weight is 194 g/mol. The van der Waals surface area contributed by atoms with E-state index in [-0.39, 0.29) is 17.1 Å². The Morgan fingerprint density at radius 3 is 2.14 bits per heavy atom. The van der Waals surface area contributed by atoms with Gasteiger partial charge in [-0.05, 0) is 38.5 Å². The molecule has 14 heavy (non-hydrogen) atoms. The summed E-state index contributed by atoms with van der Waals surface area (Å²) in [5.41, 5.74) is -0.189. The van der Waals surface area contributed by atoms with Crippen LogP contribution in [0.2, 0.25) is 0 Å². The molecule has 3 heteroatoms. The number of hydrogen-bond acceptors (Lipinski definition) is 2. The van der Waals surface area contributed by atoms with Crippen LogP contribution in [0.3, 0.4) is 0 Å². The van der Waals surface area contributed by atoms with Crippen molar-refractivity contribution in [3.8, 4) is 0 Å². The van der Waals surface area contributed by atoms with E-state index in [1.165, 1.54) is 25.7 Å². The van der Waals surface area contributed by atoms with Crippen molar-refractivity contribution in [2.24, 2.45) is 0 Å². The zero-order valence-corrected chi connectivity index (χ0v) is 8.57. The van der Waals surface area contributed by atoms with Gasteiger partial charge in [0.25, 0.3) is 0 Å². The minimum absolute atomic E-state index is 0.0125. The second-order valence-electron chi connectivity index (χ2n) is 5.16. The molecule has 0 aromatic rings. The van der Waals surface area contributed by atoms with Gasteiger partial charge < -0.3 is 5.32 Å². The van der Waals surface area contributed by atoms with E-state index in [1.807, 2.05) is 0 Å². The molecule has 0 bridgehead atoms. The number of nitrogens with one attached hydrogen (secondary N) is 2. The Balaban J connectivity index is 1.86. The molecule has 2 aliphatic carbocycles. The first-order valence-electron chi connectivity index (χ1n) is 5.87. The molecule has 0 radical (unpaired) electrons. The predicted molar refractivity (Wildman–Crippen MR) is 53.7 cm³/mol. The normalized spacial score (nSPS) is 33.0. The van der Waals surface area contributed by atoms with Gasteiger partial charge in [0.15, 0.2) is 0 Å². The predicted octanol–water partition coefficient (Wildman–Crippen LogP) is 1.29. The van der Waals surface area contributed by atoms with Crippen LogP contribution in [-0.4, -0.2) is 17.1 Å². The fourth-order valence-electron chi connectivity index (χ4n) is 3.44. The largest absolute Gasteiger partial charge is 0.336 e. The van der Waals surface area contributed by atoms with Gasteiger partial charge in [-0.3, -0.25) is 10.1 Å². The molecule has 78 valence electrons. The van der Waals surface area contributed by atoms with Crippen molar-refractivity contribution >= 4 is 5.91 Å². The van der Waals surface area contributed by atoms with E-state index in [0.717, 1.165) is 25.7 Å². The van der Waals surface area contributed by atoms with Crippen molar-refractivity contribution in [3.63, 3.8) is 0 Å². The Morgan fingerprint density at radius 1 is 0.929 bits per heavy atom. The van der Waals surface area contributed by atoms with Crippen LogP contribution >= 0.6 is 0 Å². The molecular weight excluding hydrogens is 176 g/mol. The smallest absolute Gasteiger partial charge is 0.241 e. The minimum Gasteiger partial charge on any atom is -0.336 e. The van der Waals surface area contributed by atoms with E-state index in [0.29, 0.717) is 0 Å². The minimum atomic E-state index is -0.176. The summed E-state index contributed by atoms with van der Waals surface area (Å²) in [7, 11) is 0. The standard InChI is InChI=1S/C11H18N2O/c14-9-10(5-1-2-6-10)13-11(12-9)7-3-4-8-11/h13H,1-8H2,(H,12,14). The maximum atomic E-state index is 12.0. The molecule has 1 saturated heterocycles. The van der Waals surface area contributed by atoms with Crippen LogP contribution < -0.4 is 10.6 Å². The van der Waals surface area contributed by atoms with Gasteiger partial charge in [-0.25, -0.2) is 0 Å². The van der Waals surface area contributed by atoms with Gasteiger partial charge in [0.2, 0.25) is 5.91 Å². The molecule has 0 aromatic heterocycles. The summed E-state index contributed by atoms with van der Waals surface area (Å²) in [5, 5.41) is 6.84. The lowest BCUT2D eigenvalue weighted by Gasteiger charge is -2.27. The Morgan fingerprint density at radius 2 is 1.50 bits per heavy atom. The van der Waals surface area contributed by atoms with Crippen molar-refractivity contribution in [1.82, 2.24) is 10.6 Å². The number of carbonyl (C=O) groups excluding carboxylic acids is 1. The van der Waals surface area contributed by atoms with E-state index in [2.05, 4.69) is 10.6 Å². The third-order valence-corrected chi connectivity index (χ3v) is 4.18. The van der Waals surface area contributed by atoms with Gasteiger partial charge in [0, 0.05) is 0 Å². The van der Waals surface area contributed by atoms with Gasteiger partial charge in [-0.2, -0.15) is 0 Å². The third-order valence-electron chi connectivity index (χ3n) is 4.18. The summed E-state index contributed by atoms with van der Waals surface area (Å²) in [6, 6.07) is 0. The van der Waals surface area contributed by atoms with Crippen molar-refractivity contribution < 1.29 is 4.79 Å². The lowest BCUT2D eigenvalue weighted by Crippen LogP contribution is -2.51. The highest BCUT2D eigenvalue weighted by Crippen LogP contribution is 2.40. The van der Waals surface area contributed by atoms with E-state index in [1.54, 1.807) is 0 Å². The van der Waals surface area contributed by atoms with E-state index < -0.39 is 0 Å². The summed E-state index contributed by atoms with van der Waals surface area (Å²) in [6.45, 7) is 0. The lowest BCUT2D eigenvalue weighted by atomic mass is 9.98. The second kappa shape index (κ2) is 2.72. The molecule has 2 N–H and O–H groups in total. The molecule has 2 spiro atoms. The molecule has 3 nitrogen and oxygen atoms in total. The quantitative estimate of drug-likeness (QED) is 0.610. The lowest BCUT2D eigenvalue weighted by molar-refractivity contribution is -0.124. The number of carbonyl (C=O) groups is 1. The first-order valence-corrected chi connectivity index (χ1v) is 5.87. The SMILES string of the molecule is O=C1NC2(CCCC2)NC12CCCC2. The van der Waals surface area contributed by atoms with Crippen molar-refractivity contribution in [1.29, 1.82) is 0 Å². The Bertz CT molecular complexity index is 262. The highest BCUT2D eigenvalue weighted by molar-refractivity contribution is 5.89. The molecule has 3 fully saturated rings. The average Bonchev–Trinajstić information content (AvgIpc) is 2.81. The maximum absolute atomic E-state index is 12.0. The summed E-state index contributed by atoms with van der Waals surface area (Å²) in [4.78, 5) is 12.0. The molecule has 1 amide bonds.